The van der Waals surface area contributed by atoms with E-state index in [-0.39, 0.29) is 11.9 Å². The molecule has 3 rings (SSSR count). The Kier molecular flexibility index (Phi) is 3.64. The molecule has 0 aromatic heterocycles. The molecule has 1 unspecified atom stereocenters. The molecule has 0 spiro atoms. The first-order valence-corrected chi connectivity index (χ1v) is 6.95. The zero-order valence-electron chi connectivity index (χ0n) is 11.1. The molecule has 1 aliphatic heterocycles. The molecule has 0 saturated carbocycles. The molecule has 0 aliphatic carbocycles. The van der Waals surface area contributed by atoms with Gasteiger partial charge < -0.3 is 10.1 Å². The van der Waals surface area contributed by atoms with Crippen LogP contribution in [0, 0.1) is 5.82 Å². The first kappa shape index (κ1) is 13.4. The van der Waals surface area contributed by atoms with Gasteiger partial charge in [-0.1, -0.05) is 29.8 Å². The molecule has 2 nitrogen and oxygen atoms in total. The third-order valence-corrected chi connectivity index (χ3v) is 3.85. The van der Waals surface area contributed by atoms with Crippen molar-refractivity contribution in [1.29, 1.82) is 0 Å². The van der Waals surface area contributed by atoms with Crippen LogP contribution in [0.25, 0.3) is 0 Å². The molecule has 2 aromatic carbocycles. The number of fused-ring (bicyclic) bond motifs is 1. The van der Waals surface area contributed by atoms with E-state index in [2.05, 4.69) is 5.32 Å². The molecule has 104 valence electrons. The van der Waals surface area contributed by atoms with Crippen molar-refractivity contribution in [2.45, 2.75) is 12.5 Å². The molecule has 0 radical (unpaired) electrons. The lowest BCUT2D eigenvalue weighted by atomic mass is 9.95. The lowest BCUT2D eigenvalue weighted by Gasteiger charge is -2.20. The Morgan fingerprint density at radius 2 is 2.10 bits per heavy atom. The molecular formula is C16H15ClFNO. The number of rotatable bonds is 3. The lowest BCUT2D eigenvalue weighted by molar-refractivity contribution is 0.350. The molecule has 0 fully saturated rings. The average molecular weight is 292 g/mol. The Morgan fingerprint density at radius 3 is 2.90 bits per heavy atom. The molecule has 0 amide bonds. The van der Waals surface area contributed by atoms with Crippen molar-refractivity contribution in [3.05, 3.63) is 63.9 Å². The van der Waals surface area contributed by atoms with Crippen LogP contribution >= 0.6 is 11.6 Å². The largest absolute Gasteiger partial charge is 0.493 e. The summed E-state index contributed by atoms with van der Waals surface area (Å²) in [5, 5.41) is 3.68. The fourth-order valence-corrected chi connectivity index (χ4v) is 2.86. The van der Waals surface area contributed by atoms with Gasteiger partial charge in [0.2, 0.25) is 0 Å². The van der Waals surface area contributed by atoms with Crippen molar-refractivity contribution in [3.8, 4) is 5.75 Å². The van der Waals surface area contributed by atoms with Crippen LogP contribution in [0.2, 0.25) is 5.02 Å². The maximum atomic E-state index is 14.1. The highest BCUT2D eigenvalue weighted by molar-refractivity contribution is 6.30. The topological polar surface area (TPSA) is 21.3 Å². The van der Waals surface area contributed by atoms with Gasteiger partial charge in [0.25, 0.3) is 0 Å². The third kappa shape index (κ3) is 2.28. The van der Waals surface area contributed by atoms with Gasteiger partial charge in [0.1, 0.15) is 11.6 Å². The smallest absolute Gasteiger partial charge is 0.128 e. The number of ether oxygens (including phenoxy) is 1. The summed E-state index contributed by atoms with van der Waals surface area (Å²) in [5.41, 5.74) is 2.65. The third-order valence-electron chi connectivity index (χ3n) is 3.61. The standard InChI is InChI=1S/C16H15ClFNO/c1-19-15(13-9-11(17)5-6-14(13)18)12-4-2-3-10-7-8-20-16(10)12/h2-6,9,15,19H,7-8H2,1H3. The molecule has 20 heavy (non-hydrogen) atoms. The van der Waals surface area contributed by atoms with Crippen LogP contribution in [0.1, 0.15) is 22.7 Å². The molecule has 4 heteroatoms. The fraction of sp³-hybridized carbons (Fsp3) is 0.250. The van der Waals surface area contributed by atoms with E-state index in [0.29, 0.717) is 17.2 Å². The van der Waals surface area contributed by atoms with Gasteiger partial charge >= 0.3 is 0 Å². The van der Waals surface area contributed by atoms with Gasteiger partial charge in [-0.3, -0.25) is 0 Å². The number of nitrogens with one attached hydrogen (secondary N) is 1. The van der Waals surface area contributed by atoms with Crippen molar-refractivity contribution >= 4 is 11.6 Å². The maximum absolute atomic E-state index is 14.1. The molecule has 2 aromatic rings. The highest BCUT2D eigenvalue weighted by Gasteiger charge is 2.24. The van der Waals surface area contributed by atoms with Gasteiger partial charge in [0.05, 0.1) is 12.6 Å². The Morgan fingerprint density at radius 1 is 1.25 bits per heavy atom. The minimum Gasteiger partial charge on any atom is -0.493 e. The Hall–Kier alpha value is -1.58. The molecule has 1 N–H and O–H groups in total. The molecular weight excluding hydrogens is 277 g/mol. The molecule has 0 saturated heterocycles. The second kappa shape index (κ2) is 5.43. The highest BCUT2D eigenvalue weighted by Crippen LogP contribution is 2.37. The second-order valence-corrected chi connectivity index (χ2v) is 5.26. The van der Waals surface area contributed by atoms with Gasteiger partial charge in [-0.2, -0.15) is 0 Å². The van der Waals surface area contributed by atoms with Gasteiger partial charge in [-0.05, 0) is 30.8 Å². The Balaban J connectivity index is 2.11. The summed E-state index contributed by atoms with van der Waals surface area (Å²) < 4.78 is 19.8. The zero-order chi connectivity index (χ0) is 14.1. The second-order valence-electron chi connectivity index (χ2n) is 4.82. The minimum atomic E-state index is -0.276. The first-order valence-electron chi connectivity index (χ1n) is 6.57. The predicted octanol–water partition coefficient (Wildman–Crippen LogP) is 3.72. The van der Waals surface area contributed by atoms with Crippen molar-refractivity contribution in [2.24, 2.45) is 0 Å². The Bertz CT molecular complexity index is 644. The van der Waals surface area contributed by atoms with Crippen LogP contribution in [0.15, 0.2) is 36.4 Å². The van der Waals surface area contributed by atoms with Crippen molar-refractivity contribution in [2.75, 3.05) is 13.7 Å². The number of hydrogen-bond donors (Lipinski definition) is 1. The highest BCUT2D eigenvalue weighted by atomic mass is 35.5. The van der Waals surface area contributed by atoms with E-state index in [9.17, 15) is 4.39 Å². The maximum Gasteiger partial charge on any atom is 0.128 e. The fourth-order valence-electron chi connectivity index (χ4n) is 2.68. The summed E-state index contributed by atoms with van der Waals surface area (Å²) in [5.74, 6) is 0.593. The van der Waals surface area contributed by atoms with E-state index in [1.165, 1.54) is 11.6 Å². The Labute approximate surface area is 122 Å². The van der Waals surface area contributed by atoms with Crippen LogP contribution in [0.5, 0.6) is 5.75 Å². The average Bonchev–Trinajstić information content (AvgIpc) is 2.92. The van der Waals surface area contributed by atoms with Crippen LogP contribution in [0.3, 0.4) is 0 Å². The first-order chi connectivity index (χ1) is 9.70. The van der Waals surface area contributed by atoms with E-state index in [4.69, 9.17) is 16.3 Å². The summed E-state index contributed by atoms with van der Waals surface area (Å²) in [7, 11) is 1.80. The number of hydrogen-bond acceptors (Lipinski definition) is 2. The van der Waals surface area contributed by atoms with Gasteiger partial charge in [0, 0.05) is 22.6 Å². The minimum absolute atomic E-state index is 0.274. The molecule has 1 aliphatic rings. The van der Waals surface area contributed by atoms with Crippen molar-refractivity contribution < 1.29 is 9.13 Å². The number of benzene rings is 2. The van der Waals surface area contributed by atoms with Gasteiger partial charge in [-0.15, -0.1) is 0 Å². The van der Waals surface area contributed by atoms with E-state index in [0.717, 1.165) is 17.7 Å². The summed E-state index contributed by atoms with van der Waals surface area (Å²) in [6.45, 7) is 0.681. The van der Waals surface area contributed by atoms with E-state index >= 15 is 0 Å². The van der Waals surface area contributed by atoms with Crippen molar-refractivity contribution in [3.63, 3.8) is 0 Å². The lowest BCUT2D eigenvalue weighted by Crippen LogP contribution is -2.19. The van der Waals surface area contributed by atoms with Gasteiger partial charge in [0.15, 0.2) is 0 Å². The van der Waals surface area contributed by atoms with Gasteiger partial charge in [-0.25, -0.2) is 4.39 Å². The normalized spacial score (nSPS) is 14.8. The summed E-state index contributed by atoms with van der Waals surface area (Å²) in [6.07, 6.45) is 0.900. The summed E-state index contributed by atoms with van der Waals surface area (Å²) in [6, 6.07) is 10.3. The number of para-hydroxylation sites is 1. The summed E-state index contributed by atoms with van der Waals surface area (Å²) in [4.78, 5) is 0. The van der Waals surface area contributed by atoms with E-state index in [1.807, 2.05) is 18.2 Å². The molecule has 1 atom stereocenters. The van der Waals surface area contributed by atoms with Crippen LogP contribution in [-0.4, -0.2) is 13.7 Å². The quantitative estimate of drug-likeness (QED) is 0.930. The SMILES string of the molecule is CNC(c1cc(Cl)ccc1F)c1cccc2c1OCC2. The monoisotopic (exact) mass is 291 g/mol. The molecule has 0 bridgehead atoms. The zero-order valence-corrected chi connectivity index (χ0v) is 11.9. The molecule has 1 heterocycles. The van der Waals surface area contributed by atoms with Crippen LogP contribution < -0.4 is 10.1 Å². The van der Waals surface area contributed by atoms with Crippen LogP contribution in [-0.2, 0) is 6.42 Å². The summed E-state index contributed by atoms with van der Waals surface area (Å²) >= 11 is 6.00. The van der Waals surface area contributed by atoms with Crippen LogP contribution in [0.4, 0.5) is 4.39 Å². The van der Waals surface area contributed by atoms with E-state index < -0.39 is 0 Å². The van der Waals surface area contributed by atoms with E-state index in [1.54, 1.807) is 19.2 Å². The van der Waals surface area contributed by atoms with Crippen molar-refractivity contribution in [1.82, 2.24) is 5.32 Å². The predicted molar refractivity (Wildman–Crippen MR) is 78.0 cm³/mol. The number of halogens is 2.